The van der Waals surface area contributed by atoms with Crippen LogP contribution < -0.4 is 5.32 Å². The van der Waals surface area contributed by atoms with Crippen molar-refractivity contribution in [3.8, 4) is 0 Å². The first-order valence-corrected chi connectivity index (χ1v) is 8.77. The van der Waals surface area contributed by atoms with Crippen molar-refractivity contribution in [2.45, 2.75) is 44.9 Å². The zero-order valence-electron chi connectivity index (χ0n) is 13.4. The van der Waals surface area contributed by atoms with Crippen molar-refractivity contribution in [1.82, 2.24) is 10.2 Å². The van der Waals surface area contributed by atoms with Crippen molar-refractivity contribution in [1.29, 1.82) is 0 Å². The van der Waals surface area contributed by atoms with Crippen molar-refractivity contribution in [2.75, 3.05) is 19.7 Å². The number of nitrogens with zero attached hydrogens (tertiary/aromatic N) is 1. The summed E-state index contributed by atoms with van der Waals surface area (Å²) in [5, 5.41) is 2.57. The molecular weight excluding hydrogens is 296 g/mol. The molecule has 4 bridgehead atoms. The maximum atomic E-state index is 12.2. The lowest BCUT2D eigenvalue weighted by Gasteiger charge is -2.56. The van der Waals surface area contributed by atoms with Gasteiger partial charge >= 0.3 is 12.0 Å². The first-order valence-electron chi connectivity index (χ1n) is 8.77. The zero-order chi connectivity index (χ0) is 16.0. The Kier molecular flexibility index (Phi) is 3.58. The van der Waals surface area contributed by atoms with Crippen LogP contribution >= 0.6 is 0 Å². The van der Waals surface area contributed by atoms with Crippen LogP contribution in [0.1, 0.15) is 44.9 Å². The number of carbonyl (C=O) groups is 3. The van der Waals surface area contributed by atoms with Gasteiger partial charge in [-0.05, 0) is 61.7 Å². The molecule has 0 atom stereocenters. The minimum absolute atomic E-state index is 0.125. The van der Waals surface area contributed by atoms with Gasteiger partial charge in [-0.1, -0.05) is 0 Å². The minimum atomic E-state index is -0.432. The molecule has 0 aromatic carbocycles. The number of rotatable bonds is 4. The Hall–Kier alpha value is -1.59. The summed E-state index contributed by atoms with van der Waals surface area (Å²) >= 11 is 0. The average Bonchev–Trinajstić information content (AvgIpc) is 2.89. The van der Waals surface area contributed by atoms with Gasteiger partial charge in [0.15, 0.2) is 6.61 Å². The van der Waals surface area contributed by atoms with E-state index in [-0.39, 0.29) is 18.0 Å². The first-order chi connectivity index (χ1) is 11.0. The summed E-state index contributed by atoms with van der Waals surface area (Å²) in [6.07, 6.45) is 7.92. The largest absolute Gasteiger partial charge is 0.456 e. The summed E-state index contributed by atoms with van der Waals surface area (Å²) in [6, 6.07) is -0.396. The predicted molar refractivity (Wildman–Crippen MR) is 81.3 cm³/mol. The molecule has 6 nitrogen and oxygen atoms in total. The van der Waals surface area contributed by atoms with Gasteiger partial charge in [-0.3, -0.25) is 14.5 Å². The van der Waals surface area contributed by atoms with Gasteiger partial charge in [0.1, 0.15) is 0 Å². The number of hydrogen-bond donors (Lipinski definition) is 1. The van der Waals surface area contributed by atoms with Crippen molar-refractivity contribution >= 4 is 17.9 Å². The standard InChI is InChI=1S/C17H24N2O4/c20-14(19-2-1-18-16(19)22)10-23-15(21)9-17-6-11-3-12(7-17)5-13(4-11)8-17/h11-13H,1-10H2,(H,18,22). The second-order valence-corrected chi connectivity index (χ2v) is 8.03. The van der Waals surface area contributed by atoms with E-state index in [1.807, 2.05) is 0 Å². The van der Waals surface area contributed by atoms with Crippen molar-refractivity contribution in [3.63, 3.8) is 0 Å². The molecule has 5 rings (SSSR count). The normalized spacial score (nSPS) is 37.8. The number of nitrogens with one attached hydrogen (secondary N) is 1. The summed E-state index contributed by atoms with van der Waals surface area (Å²) in [5.74, 6) is 1.68. The first kappa shape index (κ1) is 15.0. The summed E-state index contributed by atoms with van der Waals surface area (Å²) < 4.78 is 5.19. The van der Waals surface area contributed by atoms with Crippen LogP contribution in [0, 0.1) is 23.2 Å². The SMILES string of the molecule is O=C(CC12CC3CC(CC(C3)C1)C2)OCC(=O)N1CCNC1=O. The van der Waals surface area contributed by atoms with Crippen LogP contribution in [0.2, 0.25) is 0 Å². The lowest BCUT2D eigenvalue weighted by molar-refractivity contribution is -0.157. The Morgan fingerprint density at radius 2 is 1.74 bits per heavy atom. The van der Waals surface area contributed by atoms with Crippen LogP contribution in [0.5, 0.6) is 0 Å². The predicted octanol–water partition coefficient (Wildman–Crippen LogP) is 1.69. The van der Waals surface area contributed by atoms with E-state index in [2.05, 4.69) is 5.32 Å². The van der Waals surface area contributed by atoms with Crippen LogP contribution in [-0.2, 0) is 14.3 Å². The molecule has 5 aliphatic rings. The molecule has 1 N–H and O–H groups in total. The molecule has 1 aliphatic heterocycles. The number of amides is 3. The van der Waals surface area contributed by atoms with Crippen LogP contribution in [0.3, 0.4) is 0 Å². The number of esters is 1. The second kappa shape index (κ2) is 5.49. The molecule has 4 aliphatic carbocycles. The summed E-state index contributed by atoms with van der Waals surface area (Å²) in [7, 11) is 0. The van der Waals surface area contributed by atoms with Gasteiger partial charge in [0.05, 0.1) is 6.42 Å². The zero-order valence-corrected chi connectivity index (χ0v) is 13.4. The Bertz CT molecular complexity index is 509. The average molecular weight is 320 g/mol. The maximum Gasteiger partial charge on any atom is 0.324 e. The van der Waals surface area contributed by atoms with E-state index >= 15 is 0 Å². The van der Waals surface area contributed by atoms with Crippen LogP contribution in [0.15, 0.2) is 0 Å². The molecule has 5 fully saturated rings. The van der Waals surface area contributed by atoms with Crippen LogP contribution in [0.4, 0.5) is 4.79 Å². The summed E-state index contributed by atoms with van der Waals surface area (Å²) in [5.41, 5.74) is 0.125. The van der Waals surface area contributed by atoms with E-state index in [0.29, 0.717) is 19.5 Å². The fourth-order valence-corrected chi connectivity index (χ4v) is 5.79. The van der Waals surface area contributed by atoms with Gasteiger partial charge < -0.3 is 10.1 Å². The van der Waals surface area contributed by atoms with Gasteiger partial charge in [-0.2, -0.15) is 0 Å². The number of ether oxygens (including phenoxy) is 1. The Labute approximate surface area is 135 Å². The van der Waals surface area contributed by atoms with Gasteiger partial charge in [-0.25, -0.2) is 4.79 Å². The van der Waals surface area contributed by atoms with Gasteiger partial charge in [0.25, 0.3) is 5.91 Å². The van der Waals surface area contributed by atoms with Crippen molar-refractivity contribution < 1.29 is 19.1 Å². The van der Waals surface area contributed by atoms with Crippen molar-refractivity contribution in [2.24, 2.45) is 23.2 Å². The number of carbonyl (C=O) groups excluding carboxylic acids is 3. The molecule has 0 aromatic rings. The number of urea groups is 1. The highest BCUT2D eigenvalue weighted by atomic mass is 16.5. The molecule has 1 saturated heterocycles. The minimum Gasteiger partial charge on any atom is -0.456 e. The van der Waals surface area contributed by atoms with E-state index in [0.717, 1.165) is 41.9 Å². The summed E-state index contributed by atoms with van der Waals surface area (Å²) in [6.45, 7) is 0.495. The Morgan fingerprint density at radius 3 is 2.26 bits per heavy atom. The number of imide groups is 1. The third-order valence-electron chi connectivity index (χ3n) is 6.20. The Morgan fingerprint density at radius 1 is 1.13 bits per heavy atom. The molecule has 1 heterocycles. The highest BCUT2D eigenvalue weighted by Crippen LogP contribution is 2.61. The topological polar surface area (TPSA) is 75.7 Å². The molecule has 6 heteroatoms. The fourth-order valence-electron chi connectivity index (χ4n) is 5.79. The van der Waals surface area contributed by atoms with Gasteiger partial charge in [0.2, 0.25) is 0 Å². The fraction of sp³-hybridized carbons (Fsp3) is 0.824. The van der Waals surface area contributed by atoms with Gasteiger partial charge in [0, 0.05) is 13.1 Å². The molecule has 23 heavy (non-hydrogen) atoms. The van der Waals surface area contributed by atoms with E-state index in [1.165, 1.54) is 19.3 Å². The van der Waals surface area contributed by atoms with E-state index in [9.17, 15) is 14.4 Å². The third-order valence-corrected chi connectivity index (χ3v) is 6.20. The van der Waals surface area contributed by atoms with E-state index < -0.39 is 11.9 Å². The Balaban J connectivity index is 1.30. The molecule has 3 amide bonds. The quantitative estimate of drug-likeness (QED) is 0.800. The van der Waals surface area contributed by atoms with Crippen molar-refractivity contribution in [3.05, 3.63) is 0 Å². The molecular formula is C17H24N2O4. The molecule has 0 unspecified atom stereocenters. The van der Waals surface area contributed by atoms with Crippen LogP contribution in [-0.4, -0.2) is 42.5 Å². The molecule has 126 valence electrons. The van der Waals surface area contributed by atoms with Gasteiger partial charge in [-0.15, -0.1) is 0 Å². The third kappa shape index (κ3) is 2.83. The smallest absolute Gasteiger partial charge is 0.324 e. The van der Waals surface area contributed by atoms with E-state index in [4.69, 9.17) is 4.74 Å². The van der Waals surface area contributed by atoms with E-state index in [1.54, 1.807) is 0 Å². The highest BCUT2D eigenvalue weighted by Gasteiger charge is 2.51. The lowest BCUT2D eigenvalue weighted by Crippen LogP contribution is -2.47. The molecule has 4 saturated carbocycles. The van der Waals surface area contributed by atoms with Crippen LogP contribution in [0.25, 0.3) is 0 Å². The lowest BCUT2D eigenvalue weighted by atomic mass is 9.49. The molecule has 0 aromatic heterocycles. The molecule has 0 spiro atoms. The monoisotopic (exact) mass is 320 g/mol. The molecule has 0 radical (unpaired) electrons. The second-order valence-electron chi connectivity index (χ2n) is 8.03. The summed E-state index contributed by atoms with van der Waals surface area (Å²) in [4.78, 5) is 36.7. The maximum absolute atomic E-state index is 12.2. The highest BCUT2D eigenvalue weighted by molar-refractivity contribution is 5.96. The number of hydrogen-bond acceptors (Lipinski definition) is 4.